The molecule has 0 bridgehead atoms. The van der Waals surface area contributed by atoms with Gasteiger partial charge in [0, 0.05) is 20.0 Å². The van der Waals surface area contributed by atoms with Crippen molar-refractivity contribution >= 4 is 39.1 Å². The third-order valence-corrected chi connectivity index (χ3v) is 9.05. The van der Waals surface area contributed by atoms with Gasteiger partial charge in [0.15, 0.2) is 0 Å². The molecule has 4 aromatic carbocycles. The van der Waals surface area contributed by atoms with Gasteiger partial charge in [0.25, 0.3) is 10.0 Å². The lowest BCUT2D eigenvalue weighted by Gasteiger charge is -2.33. The lowest BCUT2D eigenvalue weighted by atomic mass is 10.0. The summed E-state index contributed by atoms with van der Waals surface area (Å²) in [6, 6.07) is 22.2. The van der Waals surface area contributed by atoms with Gasteiger partial charge in [-0.15, -0.1) is 0 Å². The van der Waals surface area contributed by atoms with Crippen LogP contribution in [-0.2, 0) is 38.8 Å². The number of likely N-dealkylation sites (N-methyl/N-ethyl adjacent to an activating group) is 1. The molecule has 1 atom stereocenters. The summed E-state index contributed by atoms with van der Waals surface area (Å²) in [5.74, 6) is -2.00. The van der Waals surface area contributed by atoms with Crippen LogP contribution in [-0.4, -0.2) is 44.8 Å². The van der Waals surface area contributed by atoms with Gasteiger partial charge in [0.1, 0.15) is 18.4 Å². The number of carbonyl (C=O) groups is 2. The van der Waals surface area contributed by atoms with Crippen LogP contribution in [0.5, 0.6) is 0 Å². The van der Waals surface area contributed by atoms with E-state index in [0.717, 1.165) is 17.0 Å². The Hall–Kier alpha value is -4.42. The Morgan fingerprint density at radius 1 is 0.867 bits per heavy atom. The molecular formula is C32H28ClF4N3O4S. The summed E-state index contributed by atoms with van der Waals surface area (Å²) in [4.78, 5) is 28.3. The summed E-state index contributed by atoms with van der Waals surface area (Å²) in [5.41, 5.74) is -0.651. The molecule has 4 rings (SSSR count). The molecule has 4 aromatic rings. The summed E-state index contributed by atoms with van der Waals surface area (Å²) in [6.07, 6.45) is -4.90. The minimum atomic E-state index is -4.92. The second kappa shape index (κ2) is 14.1. The highest BCUT2D eigenvalue weighted by Gasteiger charge is 2.37. The smallest absolute Gasteiger partial charge is 0.357 e. The average molecular weight is 662 g/mol. The topological polar surface area (TPSA) is 86.8 Å². The number of benzene rings is 4. The zero-order valence-corrected chi connectivity index (χ0v) is 25.4. The molecule has 0 radical (unpaired) electrons. The fraction of sp³-hybridized carbons (Fsp3) is 0.188. The van der Waals surface area contributed by atoms with Gasteiger partial charge in [-0.1, -0.05) is 72.3 Å². The molecule has 45 heavy (non-hydrogen) atoms. The third-order valence-electron chi connectivity index (χ3n) is 6.94. The van der Waals surface area contributed by atoms with E-state index in [0.29, 0.717) is 21.5 Å². The molecule has 13 heteroatoms. The van der Waals surface area contributed by atoms with Crippen molar-refractivity contribution in [3.05, 3.63) is 131 Å². The van der Waals surface area contributed by atoms with Crippen molar-refractivity contribution < 1.29 is 35.6 Å². The molecule has 0 spiro atoms. The zero-order chi connectivity index (χ0) is 32.8. The normalized spacial score (nSPS) is 12.3. The maximum Gasteiger partial charge on any atom is 0.417 e. The highest BCUT2D eigenvalue weighted by Crippen LogP contribution is 2.38. The average Bonchev–Trinajstić information content (AvgIpc) is 3.02. The van der Waals surface area contributed by atoms with E-state index in [9.17, 15) is 35.6 Å². The Morgan fingerprint density at radius 3 is 2.04 bits per heavy atom. The van der Waals surface area contributed by atoms with E-state index in [1.54, 1.807) is 36.4 Å². The SMILES string of the molecule is CNC(=O)[C@@H](Cc1ccccc1)N(Cc1ccc(F)cc1)C(=O)CN(c1ccc(Cl)c(C(F)(F)F)c1)S(=O)(=O)c1ccccc1. The van der Waals surface area contributed by atoms with E-state index in [4.69, 9.17) is 11.6 Å². The molecule has 0 aliphatic carbocycles. The van der Waals surface area contributed by atoms with E-state index in [-0.39, 0.29) is 17.9 Å². The van der Waals surface area contributed by atoms with Crippen molar-refractivity contribution in [3.8, 4) is 0 Å². The monoisotopic (exact) mass is 661 g/mol. The predicted octanol–water partition coefficient (Wildman–Crippen LogP) is 6.08. The quantitative estimate of drug-likeness (QED) is 0.198. The van der Waals surface area contributed by atoms with Crippen LogP contribution in [0.4, 0.5) is 23.2 Å². The Labute approximate surface area is 263 Å². The Balaban J connectivity index is 1.83. The van der Waals surface area contributed by atoms with Gasteiger partial charge >= 0.3 is 6.18 Å². The lowest BCUT2D eigenvalue weighted by molar-refractivity contribution is -0.139. The highest BCUT2D eigenvalue weighted by atomic mass is 35.5. The second-order valence-electron chi connectivity index (χ2n) is 9.95. The van der Waals surface area contributed by atoms with Crippen molar-refractivity contribution in [2.24, 2.45) is 0 Å². The van der Waals surface area contributed by atoms with Gasteiger partial charge in [0.2, 0.25) is 11.8 Å². The lowest BCUT2D eigenvalue weighted by Crippen LogP contribution is -2.53. The Kier molecular flexibility index (Phi) is 10.5. The van der Waals surface area contributed by atoms with Gasteiger partial charge in [0.05, 0.1) is 21.2 Å². The number of hydrogen-bond donors (Lipinski definition) is 1. The molecular weight excluding hydrogens is 634 g/mol. The summed E-state index contributed by atoms with van der Waals surface area (Å²) in [5, 5.41) is 1.87. The molecule has 1 N–H and O–H groups in total. The molecule has 0 saturated carbocycles. The first-order chi connectivity index (χ1) is 21.3. The number of anilines is 1. The maximum absolute atomic E-state index is 14.2. The fourth-order valence-corrected chi connectivity index (χ4v) is 6.29. The number of sulfonamides is 1. The Morgan fingerprint density at radius 2 is 1.47 bits per heavy atom. The van der Waals surface area contributed by atoms with Gasteiger partial charge in [-0.05, 0) is 53.6 Å². The first-order valence-electron chi connectivity index (χ1n) is 13.5. The van der Waals surface area contributed by atoms with E-state index >= 15 is 0 Å². The summed E-state index contributed by atoms with van der Waals surface area (Å²) in [7, 11) is -3.25. The molecule has 236 valence electrons. The van der Waals surface area contributed by atoms with Crippen LogP contribution in [0.15, 0.2) is 108 Å². The molecule has 0 unspecified atom stereocenters. The largest absolute Gasteiger partial charge is 0.417 e. The van der Waals surface area contributed by atoms with E-state index in [1.165, 1.54) is 55.6 Å². The zero-order valence-electron chi connectivity index (χ0n) is 23.8. The van der Waals surface area contributed by atoms with Crippen LogP contribution >= 0.6 is 11.6 Å². The van der Waals surface area contributed by atoms with Crippen LogP contribution in [0.3, 0.4) is 0 Å². The molecule has 0 aliphatic rings. The number of hydrogen-bond acceptors (Lipinski definition) is 4. The molecule has 0 aromatic heterocycles. The van der Waals surface area contributed by atoms with Gasteiger partial charge in [-0.2, -0.15) is 13.2 Å². The van der Waals surface area contributed by atoms with E-state index in [2.05, 4.69) is 5.32 Å². The number of halogens is 5. The molecule has 0 saturated heterocycles. The Bertz CT molecular complexity index is 1740. The first-order valence-corrected chi connectivity index (χ1v) is 15.4. The van der Waals surface area contributed by atoms with Gasteiger partial charge < -0.3 is 10.2 Å². The van der Waals surface area contributed by atoms with Crippen molar-refractivity contribution in [1.82, 2.24) is 10.2 Å². The molecule has 0 fully saturated rings. The summed E-state index contributed by atoms with van der Waals surface area (Å²) < 4.78 is 83.5. The number of nitrogens with one attached hydrogen (secondary N) is 1. The maximum atomic E-state index is 14.2. The summed E-state index contributed by atoms with van der Waals surface area (Å²) in [6.45, 7) is -1.21. The van der Waals surface area contributed by atoms with Crippen LogP contribution in [0.25, 0.3) is 0 Å². The van der Waals surface area contributed by atoms with Crippen LogP contribution < -0.4 is 9.62 Å². The van der Waals surface area contributed by atoms with Crippen LogP contribution in [0.1, 0.15) is 16.7 Å². The standard InChI is InChI=1S/C32H28ClF4N3O4S/c1-38-31(42)29(18-22-8-4-2-5-9-22)39(20-23-12-14-24(34)15-13-23)30(41)21-40(45(43,44)26-10-6-3-7-11-26)25-16-17-28(33)27(19-25)32(35,36)37/h2-17,19,29H,18,20-21H2,1H3,(H,38,42)/t29-/m1/s1. The molecule has 7 nitrogen and oxygen atoms in total. The number of amides is 2. The second-order valence-corrected chi connectivity index (χ2v) is 12.2. The minimum absolute atomic E-state index is 0.0258. The van der Waals surface area contributed by atoms with Crippen molar-refractivity contribution in [2.75, 3.05) is 17.9 Å². The van der Waals surface area contributed by atoms with E-state index < -0.39 is 62.7 Å². The van der Waals surface area contributed by atoms with Crippen LogP contribution in [0, 0.1) is 5.82 Å². The molecule has 0 heterocycles. The number of rotatable bonds is 11. The minimum Gasteiger partial charge on any atom is -0.357 e. The number of alkyl halides is 3. The predicted molar refractivity (Wildman–Crippen MR) is 162 cm³/mol. The van der Waals surface area contributed by atoms with Crippen molar-refractivity contribution in [3.63, 3.8) is 0 Å². The van der Waals surface area contributed by atoms with Crippen molar-refractivity contribution in [1.29, 1.82) is 0 Å². The van der Waals surface area contributed by atoms with Gasteiger partial charge in [-0.3, -0.25) is 13.9 Å². The molecule has 2 amide bonds. The number of carbonyl (C=O) groups excluding carboxylic acids is 2. The van der Waals surface area contributed by atoms with Gasteiger partial charge in [-0.25, -0.2) is 12.8 Å². The number of nitrogens with zero attached hydrogens (tertiary/aromatic N) is 2. The molecule has 0 aliphatic heterocycles. The fourth-order valence-electron chi connectivity index (χ4n) is 4.64. The van der Waals surface area contributed by atoms with Crippen molar-refractivity contribution in [2.45, 2.75) is 30.1 Å². The van der Waals surface area contributed by atoms with E-state index in [1.807, 2.05) is 0 Å². The third kappa shape index (κ3) is 8.20. The van der Waals surface area contributed by atoms with Crippen LogP contribution in [0.2, 0.25) is 5.02 Å². The highest BCUT2D eigenvalue weighted by molar-refractivity contribution is 7.92. The first kappa shape index (κ1) is 33.5. The summed E-state index contributed by atoms with van der Waals surface area (Å²) >= 11 is 5.81.